The summed E-state index contributed by atoms with van der Waals surface area (Å²) >= 11 is 0. The van der Waals surface area contributed by atoms with E-state index in [1.165, 1.54) is 0 Å². The molecule has 0 fully saturated rings. The second-order valence-electron chi connectivity index (χ2n) is 4.12. The lowest BCUT2D eigenvalue weighted by Gasteiger charge is -2.26. The number of aliphatic hydroxyl groups excluding tert-OH is 1. The van der Waals surface area contributed by atoms with E-state index >= 15 is 0 Å². The van der Waals surface area contributed by atoms with Crippen molar-refractivity contribution in [3.05, 3.63) is 57.1 Å². The Balaban J connectivity index is 3.28. The molecule has 1 aliphatic rings. The minimum atomic E-state index is -0.710. The smallest absolute Gasteiger partial charge is 0.499 e. The lowest BCUT2D eigenvalue weighted by molar-refractivity contribution is 0.0591. The largest absolute Gasteiger partial charge is 0.550 e. The van der Waals surface area contributed by atoms with E-state index < -0.39 is 5.60 Å². The molecule has 0 aromatic carbocycles. The van der Waals surface area contributed by atoms with Crippen molar-refractivity contribution in [3.8, 4) is 0 Å². The van der Waals surface area contributed by atoms with Crippen molar-refractivity contribution >= 4 is 0 Å². The molecule has 0 aromatic rings. The molecule has 0 saturated carbocycles. The first-order valence-corrected chi connectivity index (χ1v) is 5.42. The van der Waals surface area contributed by atoms with Crippen LogP contribution in [0.25, 0.3) is 14.5 Å². The van der Waals surface area contributed by atoms with Crippen LogP contribution in [0.15, 0.2) is 22.9 Å². The van der Waals surface area contributed by atoms with Crippen molar-refractivity contribution in [2.75, 3.05) is 6.61 Å². The topological polar surface area (TPSA) is 42.5 Å². The average Bonchev–Trinajstić information content (AvgIpc) is 2.62. The van der Waals surface area contributed by atoms with Gasteiger partial charge in [-0.15, -0.1) is 0 Å². The van der Waals surface area contributed by atoms with Gasteiger partial charge in [-0.05, 0) is 32.3 Å². The summed E-state index contributed by atoms with van der Waals surface area (Å²) in [5.41, 5.74) is 0.252. The zero-order valence-corrected chi connectivity index (χ0v) is 10.3. The summed E-state index contributed by atoms with van der Waals surface area (Å²) in [4.78, 5) is 9.55. The maximum absolute atomic E-state index is 8.88. The van der Waals surface area contributed by atoms with E-state index in [1.807, 2.05) is 6.92 Å². The lowest BCUT2D eigenvalue weighted by atomic mass is 9.92. The van der Waals surface area contributed by atoms with Crippen LogP contribution in [0.3, 0.4) is 0 Å². The standard InChI is InChI=1S/C13H13N3O2/c1-9-10(14-3)11(12(15-4)16-5)18-13(9,2)7-6-8-17/h17H,6-8H2,1-2H3. The highest BCUT2D eigenvalue weighted by molar-refractivity contribution is 5.49. The zero-order chi connectivity index (χ0) is 13.8. The van der Waals surface area contributed by atoms with Gasteiger partial charge in [0.15, 0.2) is 0 Å². The molecule has 0 spiro atoms. The van der Waals surface area contributed by atoms with Crippen molar-refractivity contribution in [1.29, 1.82) is 0 Å². The first-order chi connectivity index (χ1) is 8.53. The Kier molecular flexibility index (Phi) is 4.10. The normalized spacial score (nSPS) is 21.9. The number of hydrogen-bond acceptors (Lipinski definition) is 2. The third-order valence-corrected chi connectivity index (χ3v) is 3.03. The van der Waals surface area contributed by atoms with Gasteiger partial charge in [0, 0.05) is 6.61 Å². The molecule has 1 aliphatic heterocycles. The number of aliphatic hydroxyl groups is 1. The van der Waals surface area contributed by atoms with Crippen molar-refractivity contribution in [3.63, 3.8) is 0 Å². The maximum Gasteiger partial charge on any atom is 0.550 e. The van der Waals surface area contributed by atoms with Gasteiger partial charge in [-0.3, -0.25) is 0 Å². The van der Waals surface area contributed by atoms with E-state index in [2.05, 4.69) is 14.5 Å². The van der Waals surface area contributed by atoms with E-state index in [0.717, 1.165) is 0 Å². The number of rotatable bonds is 3. The average molecular weight is 243 g/mol. The molecular formula is C13H13N3O2. The van der Waals surface area contributed by atoms with Gasteiger partial charge in [-0.25, -0.2) is 4.85 Å². The van der Waals surface area contributed by atoms with Gasteiger partial charge in [0.25, 0.3) is 0 Å². The van der Waals surface area contributed by atoms with Crippen molar-refractivity contribution in [1.82, 2.24) is 0 Å². The van der Waals surface area contributed by atoms with E-state index in [0.29, 0.717) is 18.4 Å². The number of hydrogen-bond donors (Lipinski definition) is 1. The van der Waals surface area contributed by atoms with Crippen LogP contribution in [0.1, 0.15) is 26.7 Å². The first kappa shape index (κ1) is 13.8. The van der Waals surface area contributed by atoms with Crippen LogP contribution < -0.4 is 0 Å². The van der Waals surface area contributed by atoms with E-state index in [1.54, 1.807) is 6.92 Å². The summed E-state index contributed by atoms with van der Waals surface area (Å²) in [5.74, 6) is -0.138. The van der Waals surface area contributed by atoms with Crippen LogP contribution >= 0.6 is 0 Å². The van der Waals surface area contributed by atoms with Crippen LogP contribution in [-0.2, 0) is 4.74 Å². The molecule has 92 valence electrons. The summed E-state index contributed by atoms with van der Waals surface area (Å²) in [7, 11) is 0. The summed E-state index contributed by atoms with van der Waals surface area (Å²) in [6.07, 6.45) is 1.08. The van der Waals surface area contributed by atoms with E-state index in [9.17, 15) is 0 Å². The molecule has 0 radical (unpaired) electrons. The summed E-state index contributed by atoms with van der Waals surface area (Å²) in [6, 6.07) is 0. The summed E-state index contributed by atoms with van der Waals surface area (Å²) in [5, 5.41) is 8.88. The van der Waals surface area contributed by atoms with Crippen LogP contribution in [-0.4, -0.2) is 17.3 Å². The van der Waals surface area contributed by atoms with Crippen LogP contribution in [0.5, 0.6) is 0 Å². The van der Waals surface area contributed by atoms with Crippen LogP contribution in [0.2, 0.25) is 0 Å². The van der Waals surface area contributed by atoms with Crippen LogP contribution in [0, 0.1) is 19.7 Å². The highest BCUT2D eigenvalue weighted by Crippen LogP contribution is 2.43. The second kappa shape index (κ2) is 5.36. The highest BCUT2D eigenvalue weighted by Gasteiger charge is 2.42. The Morgan fingerprint density at radius 1 is 1.33 bits per heavy atom. The quantitative estimate of drug-likeness (QED) is 0.774. The van der Waals surface area contributed by atoms with Crippen molar-refractivity contribution < 1.29 is 9.84 Å². The second-order valence-corrected chi connectivity index (χ2v) is 4.12. The molecule has 1 heterocycles. The van der Waals surface area contributed by atoms with Gasteiger partial charge < -0.3 is 9.84 Å². The van der Waals surface area contributed by atoms with Gasteiger partial charge >= 0.3 is 5.82 Å². The third kappa shape index (κ3) is 2.20. The molecule has 0 aromatic heterocycles. The SMILES string of the molecule is [C-]#[N+]C([N+]#[C-])=C1OC(C)(CCCO)C(C)=C1[N+]#[C-]. The van der Waals surface area contributed by atoms with Gasteiger partial charge in [0.2, 0.25) is 11.5 Å². The van der Waals surface area contributed by atoms with Gasteiger partial charge in [0.05, 0.1) is 6.57 Å². The van der Waals surface area contributed by atoms with Crippen molar-refractivity contribution in [2.24, 2.45) is 0 Å². The Labute approximate surface area is 106 Å². The van der Waals surface area contributed by atoms with E-state index in [-0.39, 0.29) is 23.9 Å². The number of nitrogens with zero attached hydrogens (tertiary/aromatic N) is 3. The molecule has 5 heteroatoms. The van der Waals surface area contributed by atoms with E-state index in [4.69, 9.17) is 29.6 Å². The van der Waals surface area contributed by atoms with Crippen molar-refractivity contribution in [2.45, 2.75) is 32.3 Å². The fraction of sp³-hybridized carbons (Fsp3) is 0.462. The fourth-order valence-corrected chi connectivity index (χ4v) is 1.84. The fourth-order valence-electron chi connectivity index (χ4n) is 1.84. The molecule has 0 bridgehead atoms. The molecule has 0 saturated heterocycles. The lowest BCUT2D eigenvalue weighted by Crippen LogP contribution is -2.26. The minimum absolute atomic E-state index is 0.0388. The first-order valence-electron chi connectivity index (χ1n) is 5.42. The summed E-state index contributed by atoms with van der Waals surface area (Å²) < 4.78 is 5.66. The van der Waals surface area contributed by atoms with Gasteiger partial charge in [-0.1, -0.05) is 0 Å². The summed E-state index contributed by atoms with van der Waals surface area (Å²) in [6.45, 7) is 24.6. The molecule has 1 rings (SSSR count). The zero-order valence-electron chi connectivity index (χ0n) is 10.3. The molecule has 0 aliphatic carbocycles. The Morgan fingerprint density at radius 3 is 2.39 bits per heavy atom. The number of ether oxygens (including phenoxy) is 1. The van der Waals surface area contributed by atoms with Gasteiger partial charge in [-0.2, -0.15) is 9.69 Å². The molecule has 18 heavy (non-hydrogen) atoms. The van der Waals surface area contributed by atoms with Crippen LogP contribution in [0.4, 0.5) is 0 Å². The van der Waals surface area contributed by atoms with Gasteiger partial charge in [0.1, 0.15) is 18.7 Å². The molecule has 0 amide bonds. The Morgan fingerprint density at radius 2 is 1.94 bits per heavy atom. The molecule has 1 N–H and O–H groups in total. The maximum atomic E-state index is 8.88. The Bertz CT molecular complexity index is 524. The predicted molar refractivity (Wildman–Crippen MR) is 65.3 cm³/mol. The minimum Gasteiger partial charge on any atom is -0.499 e. The Hall–Kier alpha value is -2.29. The molecule has 1 atom stereocenters. The molecule has 5 nitrogen and oxygen atoms in total. The third-order valence-electron chi connectivity index (χ3n) is 3.03. The predicted octanol–water partition coefficient (Wildman–Crippen LogP) is 2.75. The molecule has 1 unspecified atom stereocenters. The molecular weight excluding hydrogens is 230 g/mol. The monoisotopic (exact) mass is 243 g/mol. The highest BCUT2D eigenvalue weighted by atomic mass is 16.5.